The van der Waals surface area contributed by atoms with E-state index < -0.39 is 0 Å². The zero-order chi connectivity index (χ0) is 15.1. The van der Waals surface area contributed by atoms with E-state index in [1.165, 1.54) is 0 Å². The van der Waals surface area contributed by atoms with Crippen LogP contribution in [0.1, 0.15) is 26.7 Å². The molecule has 0 radical (unpaired) electrons. The van der Waals surface area contributed by atoms with Gasteiger partial charge in [-0.3, -0.25) is 9.48 Å². The Morgan fingerprint density at radius 2 is 2.33 bits per heavy atom. The van der Waals surface area contributed by atoms with Crippen LogP contribution in [-0.2, 0) is 11.3 Å². The van der Waals surface area contributed by atoms with Gasteiger partial charge in [0.15, 0.2) is 0 Å². The summed E-state index contributed by atoms with van der Waals surface area (Å²) in [4.78, 5) is 14.3. The van der Waals surface area contributed by atoms with Crippen LogP contribution in [0, 0.1) is 5.92 Å². The third-order valence-corrected chi connectivity index (χ3v) is 4.09. The Bertz CT molecular complexity index is 435. The van der Waals surface area contributed by atoms with Crippen molar-refractivity contribution < 1.29 is 4.79 Å². The predicted octanol–water partition coefficient (Wildman–Crippen LogP) is 1.16. The molecule has 2 heterocycles. The highest BCUT2D eigenvalue weighted by Crippen LogP contribution is 2.14. The highest BCUT2D eigenvalue weighted by molar-refractivity contribution is 5.90. The van der Waals surface area contributed by atoms with Crippen molar-refractivity contribution in [3.63, 3.8) is 0 Å². The molecule has 0 bridgehead atoms. The third kappa shape index (κ3) is 5.13. The lowest BCUT2D eigenvalue weighted by molar-refractivity contribution is -0.116. The minimum atomic E-state index is 0.0898. The number of carbonyl (C=O) groups is 1. The fourth-order valence-electron chi connectivity index (χ4n) is 2.70. The van der Waals surface area contributed by atoms with E-state index in [0.717, 1.165) is 51.4 Å². The summed E-state index contributed by atoms with van der Waals surface area (Å²) < 4.78 is 1.89. The summed E-state index contributed by atoms with van der Waals surface area (Å²) in [5, 5.41) is 10.5. The molecule has 1 aromatic rings. The molecule has 2 rings (SSSR count). The van der Waals surface area contributed by atoms with E-state index in [2.05, 4.69) is 34.5 Å². The van der Waals surface area contributed by atoms with Crippen molar-refractivity contribution in [3.8, 4) is 0 Å². The fourth-order valence-corrected chi connectivity index (χ4v) is 2.70. The minimum Gasteiger partial charge on any atom is -0.323 e. The first-order chi connectivity index (χ1) is 10.2. The Balaban J connectivity index is 1.75. The molecule has 0 aromatic carbocycles. The van der Waals surface area contributed by atoms with Crippen molar-refractivity contribution in [2.45, 2.75) is 33.2 Å². The monoisotopic (exact) mass is 293 g/mol. The summed E-state index contributed by atoms with van der Waals surface area (Å²) >= 11 is 0. The van der Waals surface area contributed by atoms with E-state index in [9.17, 15) is 4.79 Å². The average molecular weight is 293 g/mol. The van der Waals surface area contributed by atoms with Crippen molar-refractivity contribution in [1.82, 2.24) is 20.0 Å². The molecule has 6 heteroatoms. The second-order valence-corrected chi connectivity index (χ2v) is 5.63. The normalized spacial score (nSPS) is 18.3. The minimum absolute atomic E-state index is 0.0898. The van der Waals surface area contributed by atoms with Crippen LogP contribution in [-0.4, -0.2) is 53.3 Å². The first kappa shape index (κ1) is 16.0. The summed E-state index contributed by atoms with van der Waals surface area (Å²) in [7, 11) is 0. The van der Waals surface area contributed by atoms with E-state index in [-0.39, 0.29) is 5.91 Å². The average Bonchev–Trinajstić information content (AvgIpc) is 3.12. The van der Waals surface area contributed by atoms with Crippen LogP contribution in [0.4, 0.5) is 5.69 Å². The van der Waals surface area contributed by atoms with Crippen LogP contribution >= 0.6 is 0 Å². The number of hydrogen-bond acceptors (Lipinski definition) is 4. The molecule has 1 saturated heterocycles. The van der Waals surface area contributed by atoms with E-state index in [1.807, 2.05) is 10.9 Å². The number of carbonyl (C=O) groups excluding carboxylic acids is 1. The van der Waals surface area contributed by atoms with Crippen molar-refractivity contribution in [2.75, 3.05) is 38.0 Å². The van der Waals surface area contributed by atoms with E-state index in [4.69, 9.17) is 0 Å². The second kappa shape index (κ2) is 8.14. The molecule has 1 unspecified atom stereocenters. The van der Waals surface area contributed by atoms with Gasteiger partial charge in [0.05, 0.1) is 18.4 Å². The van der Waals surface area contributed by atoms with Crippen LogP contribution in [0.5, 0.6) is 0 Å². The number of anilines is 1. The van der Waals surface area contributed by atoms with E-state index >= 15 is 0 Å². The molecule has 1 atom stereocenters. The van der Waals surface area contributed by atoms with Crippen molar-refractivity contribution in [1.29, 1.82) is 0 Å². The summed E-state index contributed by atoms with van der Waals surface area (Å²) in [5.74, 6) is 0.565. The van der Waals surface area contributed by atoms with Crippen LogP contribution in [0.25, 0.3) is 0 Å². The first-order valence-corrected chi connectivity index (χ1v) is 7.96. The molecular formula is C15H27N5O. The highest BCUT2D eigenvalue weighted by Gasteiger charge is 2.18. The van der Waals surface area contributed by atoms with Crippen LogP contribution in [0.2, 0.25) is 0 Å². The lowest BCUT2D eigenvalue weighted by Gasteiger charge is -2.17. The number of likely N-dealkylation sites (N-methyl/N-ethyl adjacent to an activating group) is 1. The smallest absolute Gasteiger partial charge is 0.224 e. The van der Waals surface area contributed by atoms with E-state index in [0.29, 0.717) is 12.3 Å². The summed E-state index contributed by atoms with van der Waals surface area (Å²) in [6, 6.07) is 0. The molecule has 1 fully saturated rings. The molecule has 118 valence electrons. The Morgan fingerprint density at radius 3 is 3.00 bits per heavy atom. The Morgan fingerprint density at radius 1 is 1.52 bits per heavy atom. The Labute approximate surface area is 126 Å². The molecule has 1 aliphatic heterocycles. The van der Waals surface area contributed by atoms with Gasteiger partial charge in [-0.25, -0.2) is 0 Å². The molecule has 6 nitrogen and oxygen atoms in total. The maximum Gasteiger partial charge on any atom is 0.224 e. The van der Waals surface area contributed by atoms with Crippen LogP contribution < -0.4 is 10.6 Å². The highest BCUT2D eigenvalue weighted by atomic mass is 16.1. The second-order valence-electron chi connectivity index (χ2n) is 5.63. The SMILES string of the molecule is CCN(CC)CCn1cc(NC(=O)CC2CCNC2)cn1. The molecular weight excluding hydrogens is 266 g/mol. The summed E-state index contributed by atoms with van der Waals surface area (Å²) in [6.07, 6.45) is 5.33. The van der Waals surface area contributed by atoms with E-state index in [1.54, 1.807) is 6.20 Å². The van der Waals surface area contributed by atoms with Gasteiger partial charge in [-0.05, 0) is 38.5 Å². The van der Waals surface area contributed by atoms with Gasteiger partial charge in [0, 0.05) is 19.2 Å². The lowest BCUT2D eigenvalue weighted by Crippen LogP contribution is -2.27. The molecule has 0 saturated carbocycles. The number of amides is 1. The van der Waals surface area contributed by atoms with Crippen molar-refractivity contribution in [3.05, 3.63) is 12.4 Å². The van der Waals surface area contributed by atoms with Gasteiger partial charge in [-0.2, -0.15) is 5.10 Å². The van der Waals surface area contributed by atoms with Gasteiger partial charge in [0.1, 0.15) is 0 Å². The molecule has 1 aliphatic rings. The molecule has 1 amide bonds. The van der Waals surface area contributed by atoms with Gasteiger partial charge in [0.2, 0.25) is 5.91 Å². The number of rotatable bonds is 8. The maximum absolute atomic E-state index is 12.0. The Hall–Kier alpha value is -1.40. The Kier molecular flexibility index (Phi) is 6.20. The van der Waals surface area contributed by atoms with Gasteiger partial charge in [-0.15, -0.1) is 0 Å². The van der Waals surface area contributed by atoms with Crippen molar-refractivity contribution in [2.24, 2.45) is 5.92 Å². The summed E-state index contributed by atoms with van der Waals surface area (Å²) in [5.41, 5.74) is 0.797. The van der Waals surface area contributed by atoms with Gasteiger partial charge in [0.25, 0.3) is 0 Å². The number of nitrogens with one attached hydrogen (secondary N) is 2. The summed E-state index contributed by atoms with van der Waals surface area (Å²) in [6.45, 7) is 10.2. The quantitative estimate of drug-likeness (QED) is 0.755. The molecule has 2 N–H and O–H groups in total. The zero-order valence-corrected chi connectivity index (χ0v) is 13.1. The molecule has 1 aromatic heterocycles. The third-order valence-electron chi connectivity index (χ3n) is 4.09. The predicted molar refractivity (Wildman–Crippen MR) is 84.2 cm³/mol. The van der Waals surface area contributed by atoms with Gasteiger partial charge in [-0.1, -0.05) is 13.8 Å². The zero-order valence-electron chi connectivity index (χ0n) is 13.1. The maximum atomic E-state index is 12.0. The number of nitrogens with zero attached hydrogens (tertiary/aromatic N) is 3. The largest absolute Gasteiger partial charge is 0.323 e. The lowest BCUT2D eigenvalue weighted by atomic mass is 10.0. The van der Waals surface area contributed by atoms with Crippen LogP contribution in [0.15, 0.2) is 12.4 Å². The van der Waals surface area contributed by atoms with Crippen LogP contribution in [0.3, 0.4) is 0 Å². The standard InChI is InChI=1S/C15H27N5O/c1-3-19(4-2)7-8-20-12-14(11-17-20)18-15(21)9-13-5-6-16-10-13/h11-13,16H,3-10H2,1-2H3,(H,18,21). The number of hydrogen-bond donors (Lipinski definition) is 2. The molecule has 0 aliphatic carbocycles. The van der Waals surface area contributed by atoms with Gasteiger partial charge < -0.3 is 15.5 Å². The van der Waals surface area contributed by atoms with Gasteiger partial charge >= 0.3 is 0 Å². The number of aromatic nitrogens is 2. The first-order valence-electron chi connectivity index (χ1n) is 7.96. The topological polar surface area (TPSA) is 62.2 Å². The molecule has 0 spiro atoms. The molecule has 21 heavy (non-hydrogen) atoms. The van der Waals surface area contributed by atoms with Crippen molar-refractivity contribution >= 4 is 11.6 Å². The fraction of sp³-hybridized carbons (Fsp3) is 0.733.